The molecule has 1 saturated carbocycles. The molecule has 2 fully saturated rings. The Bertz CT molecular complexity index is 769. The zero-order valence-electron chi connectivity index (χ0n) is 15.6. The van der Waals surface area contributed by atoms with Crippen molar-refractivity contribution in [1.29, 1.82) is 0 Å². The smallest absolute Gasteiger partial charge is 0.312 e. The normalized spacial score (nSPS) is 30.5. The Kier molecular flexibility index (Phi) is 4.66. The standard InChI is InChI=1S/C21H26N2O4/c1-13-6-8-15(9-7-13)22-11-14(10-19(22)24)20(25)23-12-17(21(26)27)16-4-2-3-5-18(16)23/h2-5,13-15,17H,6-12H2,1H3,(H,26,27). The predicted molar refractivity (Wildman–Crippen MR) is 100 cm³/mol. The van der Waals surface area contributed by atoms with E-state index in [2.05, 4.69) is 6.92 Å². The second-order valence-corrected chi connectivity index (χ2v) is 8.26. The van der Waals surface area contributed by atoms with Crippen LogP contribution in [0.2, 0.25) is 0 Å². The average Bonchev–Trinajstić information content (AvgIpc) is 3.23. The molecule has 0 radical (unpaired) electrons. The van der Waals surface area contributed by atoms with E-state index in [1.165, 1.54) is 0 Å². The van der Waals surface area contributed by atoms with Crippen LogP contribution in [0, 0.1) is 11.8 Å². The van der Waals surface area contributed by atoms with Crippen LogP contribution >= 0.6 is 0 Å². The number of fused-ring (bicyclic) bond motifs is 1. The molecular weight excluding hydrogens is 344 g/mol. The fourth-order valence-electron chi connectivity index (χ4n) is 4.85. The summed E-state index contributed by atoms with van der Waals surface area (Å²) in [6, 6.07) is 7.44. The molecule has 1 N–H and O–H groups in total. The summed E-state index contributed by atoms with van der Waals surface area (Å²) >= 11 is 0. The lowest BCUT2D eigenvalue weighted by molar-refractivity contribution is -0.138. The van der Waals surface area contributed by atoms with Gasteiger partial charge >= 0.3 is 5.97 Å². The van der Waals surface area contributed by atoms with Crippen LogP contribution in [0.3, 0.4) is 0 Å². The van der Waals surface area contributed by atoms with E-state index < -0.39 is 11.9 Å². The number of carboxylic acid groups (broad SMARTS) is 1. The maximum absolute atomic E-state index is 13.2. The number of amides is 2. The van der Waals surface area contributed by atoms with Crippen LogP contribution in [0.1, 0.15) is 50.5 Å². The maximum atomic E-state index is 13.2. The second kappa shape index (κ2) is 6.98. The number of anilines is 1. The number of benzene rings is 1. The minimum absolute atomic E-state index is 0.0650. The van der Waals surface area contributed by atoms with Crippen LogP contribution in [-0.4, -0.2) is 46.9 Å². The largest absolute Gasteiger partial charge is 0.481 e. The second-order valence-electron chi connectivity index (χ2n) is 8.26. The van der Waals surface area contributed by atoms with Crippen LogP contribution in [0.4, 0.5) is 5.69 Å². The molecule has 1 aromatic rings. The topological polar surface area (TPSA) is 77.9 Å². The first-order valence-corrected chi connectivity index (χ1v) is 9.88. The van der Waals surface area contributed by atoms with Crippen molar-refractivity contribution in [2.45, 2.75) is 51.0 Å². The number of likely N-dealkylation sites (tertiary alicyclic amines) is 1. The highest BCUT2D eigenvalue weighted by molar-refractivity contribution is 6.02. The van der Waals surface area contributed by atoms with E-state index in [-0.39, 0.29) is 36.7 Å². The van der Waals surface area contributed by atoms with Gasteiger partial charge in [0.05, 0.1) is 5.92 Å². The number of carboxylic acids is 1. The lowest BCUT2D eigenvalue weighted by Gasteiger charge is -2.33. The third-order valence-corrected chi connectivity index (χ3v) is 6.47. The van der Waals surface area contributed by atoms with Gasteiger partial charge in [-0.2, -0.15) is 0 Å². The van der Waals surface area contributed by atoms with E-state index in [1.807, 2.05) is 11.0 Å². The van der Waals surface area contributed by atoms with Gasteiger partial charge in [-0.25, -0.2) is 0 Å². The molecule has 6 heteroatoms. The monoisotopic (exact) mass is 370 g/mol. The van der Waals surface area contributed by atoms with Crippen LogP contribution in [0.5, 0.6) is 0 Å². The van der Waals surface area contributed by atoms with E-state index in [9.17, 15) is 19.5 Å². The van der Waals surface area contributed by atoms with Gasteiger partial charge in [-0.1, -0.05) is 25.1 Å². The van der Waals surface area contributed by atoms with E-state index in [4.69, 9.17) is 0 Å². The summed E-state index contributed by atoms with van der Waals surface area (Å²) in [5, 5.41) is 9.50. The van der Waals surface area contributed by atoms with E-state index in [1.54, 1.807) is 23.1 Å². The van der Waals surface area contributed by atoms with Crippen molar-refractivity contribution in [3.05, 3.63) is 29.8 Å². The Hall–Kier alpha value is -2.37. The first kappa shape index (κ1) is 18.0. The summed E-state index contributed by atoms with van der Waals surface area (Å²) in [6.07, 6.45) is 4.53. The van der Waals surface area contributed by atoms with E-state index in [0.717, 1.165) is 25.7 Å². The van der Waals surface area contributed by atoms with Crippen LogP contribution in [0.15, 0.2) is 24.3 Å². The summed E-state index contributed by atoms with van der Waals surface area (Å²) in [6.45, 7) is 2.87. The minimum Gasteiger partial charge on any atom is -0.481 e. The molecule has 1 aliphatic carbocycles. The highest BCUT2D eigenvalue weighted by Crippen LogP contribution is 2.39. The highest BCUT2D eigenvalue weighted by Gasteiger charge is 2.43. The van der Waals surface area contributed by atoms with E-state index in [0.29, 0.717) is 23.7 Å². The Balaban J connectivity index is 1.49. The molecule has 2 amide bonds. The molecule has 2 atom stereocenters. The fourth-order valence-corrected chi connectivity index (χ4v) is 4.85. The van der Waals surface area contributed by atoms with Gasteiger partial charge in [0.25, 0.3) is 0 Å². The SMILES string of the molecule is CC1CCC(N2CC(C(=O)N3CC(C(=O)O)c4ccccc43)CC2=O)CC1. The number of hydrogen-bond acceptors (Lipinski definition) is 3. The molecular formula is C21H26N2O4. The van der Waals surface area contributed by atoms with E-state index >= 15 is 0 Å². The number of nitrogens with zero attached hydrogens (tertiary/aromatic N) is 2. The lowest BCUT2D eigenvalue weighted by Crippen LogP contribution is -2.41. The van der Waals surface area contributed by atoms with Gasteiger partial charge in [0.15, 0.2) is 0 Å². The Labute approximate surface area is 159 Å². The van der Waals surface area contributed by atoms with Gasteiger partial charge < -0.3 is 14.9 Å². The molecule has 2 unspecified atom stereocenters. The summed E-state index contributed by atoms with van der Waals surface area (Å²) in [5.74, 6) is -1.33. The summed E-state index contributed by atoms with van der Waals surface area (Å²) in [5.41, 5.74) is 1.35. The number of hydrogen-bond donors (Lipinski definition) is 1. The number of carbonyl (C=O) groups excluding carboxylic acids is 2. The zero-order chi connectivity index (χ0) is 19.1. The van der Waals surface area contributed by atoms with Gasteiger partial charge in [0.1, 0.15) is 5.92 Å². The predicted octanol–water partition coefficient (Wildman–Crippen LogP) is 2.63. The number of carbonyl (C=O) groups is 3. The van der Waals surface area contributed by atoms with Crippen molar-refractivity contribution in [3.63, 3.8) is 0 Å². The number of rotatable bonds is 3. The van der Waals surface area contributed by atoms with Gasteiger partial charge in [-0.3, -0.25) is 14.4 Å². The first-order valence-electron chi connectivity index (χ1n) is 9.88. The van der Waals surface area contributed by atoms with Crippen molar-refractivity contribution in [3.8, 4) is 0 Å². The lowest BCUT2D eigenvalue weighted by atomic mass is 9.86. The van der Waals surface area contributed by atoms with Crippen LogP contribution in [0.25, 0.3) is 0 Å². The molecule has 27 heavy (non-hydrogen) atoms. The number of para-hydroxylation sites is 1. The fraction of sp³-hybridized carbons (Fsp3) is 0.571. The maximum Gasteiger partial charge on any atom is 0.312 e. The van der Waals surface area contributed by atoms with Gasteiger partial charge in [0.2, 0.25) is 11.8 Å². The van der Waals surface area contributed by atoms with Gasteiger partial charge in [-0.05, 0) is 43.2 Å². The zero-order valence-corrected chi connectivity index (χ0v) is 15.6. The molecule has 144 valence electrons. The molecule has 0 aromatic heterocycles. The molecule has 0 spiro atoms. The Morgan fingerprint density at radius 3 is 2.48 bits per heavy atom. The first-order chi connectivity index (χ1) is 13.0. The quantitative estimate of drug-likeness (QED) is 0.887. The summed E-state index contributed by atoms with van der Waals surface area (Å²) in [7, 11) is 0. The van der Waals surface area contributed by atoms with Crippen molar-refractivity contribution in [2.75, 3.05) is 18.0 Å². The molecule has 1 saturated heterocycles. The molecule has 0 bridgehead atoms. The van der Waals surface area contributed by atoms with Crippen molar-refractivity contribution >= 4 is 23.5 Å². The van der Waals surface area contributed by atoms with Crippen molar-refractivity contribution in [2.24, 2.45) is 11.8 Å². The average molecular weight is 370 g/mol. The number of aliphatic carboxylic acids is 1. The van der Waals surface area contributed by atoms with Crippen molar-refractivity contribution in [1.82, 2.24) is 4.90 Å². The summed E-state index contributed by atoms with van der Waals surface area (Å²) < 4.78 is 0. The molecule has 3 aliphatic rings. The van der Waals surface area contributed by atoms with Gasteiger partial charge in [-0.15, -0.1) is 0 Å². The molecule has 2 heterocycles. The third kappa shape index (κ3) is 3.22. The minimum atomic E-state index is -0.918. The van der Waals surface area contributed by atoms with Crippen LogP contribution < -0.4 is 4.90 Å². The summed E-state index contributed by atoms with van der Waals surface area (Å²) in [4.78, 5) is 40.8. The molecule has 4 rings (SSSR count). The molecule has 6 nitrogen and oxygen atoms in total. The van der Waals surface area contributed by atoms with Crippen molar-refractivity contribution < 1.29 is 19.5 Å². The third-order valence-electron chi connectivity index (χ3n) is 6.47. The molecule has 1 aromatic carbocycles. The molecule has 2 aliphatic heterocycles. The van der Waals surface area contributed by atoms with Crippen LogP contribution in [-0.2, 0) is 14.4 Å². The van der Waals surface area contributed by atoms with Gasteiger partial charge in [0, 0.05) is 31.2 Å². The highest BCUT2D eigenvalue weighted by atomic mass is 16.4. The Morgan fingerprint density at radius 2 is 1.78 bits per heavy atom. The Morgan fingerprint density at radius 1 is 1.07 bits per heavy atom.